The minimum atomic E-state index is 0.343. The second-order valence-electron chi connectivity index (χ2n) is 5.98. The Kier molecular flexibility index (Phi) is 5.74. The predicted molar refractivity (Wildman–Crippen MR) is 84.7 cm³/mol. The molecule has 0 amide bonds. The molecule has 0 bridgehead atoms. The Morgan fingerprint density at radius 1 is 1.17 bits per heavy atom. The molecule has 0 spiro atoms. The smallest absolute Gasteiger partial charge is 0.0195 e. The standard InChI is InChI=1S/C16H27NS/c1-12-8-7-9-13(2)15(12)10-14(17-6)11-18-16(3,4)5/h7-9,14,17H,10-11H2,1-6H3. The molecule has 1 rings (SSSR count). The summed E-state index contributed by atoms with van der Waals surface area (Å²) >= 11 is 2.03. The Morgan fingerprint density at radius 2 is 1.72 bits per heavy atom. The molecule has 1 nitrogen and oxygen atoms in total. The number of nitrogens with one attached hydrogen (secondary N) is 1. The third-order valence-corrected chi connectivity index (χ3v) is 4.66. The summed E-state index contributed by atoms with van der Waals surface area (Å²) in [5, 5.41) is 3.46. The fourth-order valence-electron chi connectivity index (χ4n) is 2.01. The molecule has 0 aliphatic rings. The lowest BCUT2D eigenvalue weighted by atomic mass is 9.97. The van der Waals surface area contributed by atoms with Crippen LogP contribution in [0, 0.1) is 13.8 Å². The minimum Gasteiger partial charge on any atom is -0.316 e. The van der Waals surface area contributed by atoms with Gasteiger partial charge in [-0.05, 0) is 44.0 Å². The Bertz CT molecular complexity index is 359. The SMILES string of the molecule is CNC(CSC(C)(C)C)Cc1c(C)cccc1C. The Morgan fingerprint density at radius 3 is 2.17 bits per heavy atom. The quantitative estimate of drug-likeness (QED) is 0.864. The Labute approximate surface area is 117 Å². The first kappa shape index (κ1) is 15.6. The van der Waals surface area contributed by atoms with E-state index in [1.165, 1.54) is 16.7 Å². The maximum absolute atomic E-state index is 3.46. The number of aryl methyl sites for hydroxylation is 2. The van der Waals surface area contributed by atoms with Crippen LogP contribution in [0.2, 0.25) is 0 Å². The third kappa shape index (κ3) is 5.03. The van der Waals surface area contributed by atoms with Crippen LogP contribution in [-0.4, -0.2) is 23.6 Å². The van der Waals surface area contributed by atoms with Gasteiger partial charge in [0.25, 0.3) is 0 Å². The zero-order valence-electron chi connectivity index (χ0n) is 12.6. The fourth-order valence-corrected chi connectivity index (χ4v) is 3.00. The molecule has 0 aromatic heterocycles. The highest BCUT2D eigenvalue weighted by Gasteiger charge is 2.16. The van der Waals surface area contributed by atoms with E-state index in [1.54, 1.807) is 0 Å². The van der Waals surface area contributed by atoms with Crippen LogP contribution in [0.15, 0.2) is 18.2 Å². The second kappa shape index (κ2) is 6.63. The molecule has 1 atom stereocenters. The van der Waals surface area contributed by atoms with Gasteiger partial charge in [-0.15, -0.1) is 0 Å². The van der Waals surface area contributed by atoms with Crippen molar-refractivity contribution >= 4 is 11.8 Å². The molecule has 0 aliphatic heterocycles. The maximum atomic E-state index is 3.46. The first-order valence-corrected chi connectivity index (χ1v) is 7.68. The van der Waals surface area contributed by atoms with Gasteiger partial charge < -0.3 is 5.32 Å². The van der Waals surface area contributed by atoms with Gasteiger partial charge in [0, 0.05) is 16.5 Å². The predicted octanol–water partition coefficient (Wildman–Crippen LogP) is 3.97. The average molecular weight is 265 g/mol. The molecule has 2 heteroatoms. The number of hydrogen-bond acceptors (Lipinski definition) is 2. The molecule has 0 saturated carbocycles. The highest BCUT2D eigenvalue weighted by molar-refractivity contribution is 8.00. The molecule has 1 aromatic carbocycles. The zero-order valence-corrected chi connectivity index (χ0v) is 13.4. The lowest BCUT2D eigenvalue weighted by Crippen LogP contribution is -2.32. The van der Waals surface area contributed by atoms with Crippen molar-refractivity contribution in [3.63, 3.8) is 0 Å². The molecule has 0 radical (unpaired) electrons. The van der Waals surface area contributed by atoms with Gasteiger partial charge >= 0.3 is 0 Å². The van der Waals surface area contributed by atoms with Crippen LogP contribution in [0.25, 0.3) is 0 Å². The highest BCUT2D eigenvalue weighted by Crippen LogP contribution is 2.25. The maximum Gasteiger partial charge on any atom is 0.0195 e. The van der Waals surface area contributed by atoms with Crippen LogP contribution in [-0.2, 0) is 6.42 Å². The van der Waals surface area contributed by atoms with Crippen molar-refractivity contribution in [2.45, 2.75) is 51.8 Å². The zero-order chi connectivity index (χ0) is 13.8. The van der Waals surface area contributed by atoms with Crippen LogP contribution in [0.4, 0.5) is 0 Å². The first-order chi connectivity index (χ1) is 8.33. The summed E-state index contributed by atoms with van der Waals surface area (Å²) in [7, 11) is 2.07. The molecular weight excluding hydrogens is 238 g/mol. The molecule has 0 heterocycles. The molecule has 0 saturated heterocycles. The molecule has 1 N–H and O–H groups in total. The summed E-state index contributed by atoms with van der Waals surface area (Å²) in [4.78, 5) is 0. The van der Waals surface area contributed by atoms with Crippen molar-refractivity contribution in [2.24, 2.45) is 0 Å². The van der Waals surface area contributed by atoms with E-state index in [0.29, 0.717) is 10.8 Å². The molecule has 1 unspecified atom stereocenters. The van der Waals surface area contributed by atoms with Crippen molar-refractivity contribution in [3.8, 4) is 0 Å². The number of thioether (sulfide) groups is 1. The normalized spacial score (nSPS) is 13.7. The summed E-state index contributed by atoms with van der Waals surface area (Å²) in [6.07, 6.45) is 1.12. The van der Waals surface area contributed by atoms with E-state index in [2.05, 4.69) is 65.2 Å². The van der Waals surface area contributed by atoms with E-state index in [0.717, 1.165) is 12.2 Å². The van der Waals surface area contributed by atoms with Gasteiger partial charge in [-0.3, -0.25) is 0 Å². The molecule has 0 fully saturated rings. The largest absolute Gasteiger partial charge is 0.316 e. The molecule has 1 aromatic rings. The Hall–Kier alpha value is -0.470. The van der Waals surface area contributed by atoms with Crippen LogP contribution in [0.3, 0.4) is 0 Å². The number of benzene rings is 1. The van der Waals surface area contributed by atoms with E-state index in [9.17, 15) is 0 Å². The lowest BCUT2D eigenvalue weighted by Gasteiger charge is -2.24. The molecule has 18 heavy (non-hydrogen) atoms. The van der Waals surface area contributed by atoms with Gasteiger partial charge in [0.05, 0.1) is 0 Å². The van der Waals surface area contributed by atoms with Gasteiger partial charge in [0.2, 0.25) is 0 Å². The van der Waals surface area contributed by atoms with Crippen LogP contribution in [0.1, 0.15) is 37.5 Å². The highest BCUT2D eigenvalue weighted by atomic mass is 32.2. The van der Waals surface area contributed by atoms with E-state index in [-0.39, 0.29) is 0 Å². The summed E-state index contributed by atoms with van der Waals surface area (Å²) in [6, 6.07) is 7.12. The van der Waals surface area contributed by atoms with Gasteiger partial charge in [-0.2, -0.15) is 11.8 Å². The van der Waals surface area contributed by atoms with Crippen LogP contribution in [0.5, 0.6) is 0 Å². The number of hydrogen-bond donors (Lipinski definition) is 1. The van der Waals surface area contributed by atoms with Gasteiger partial charge in [0.15, 0.2) is 0 Å². The minimum absolute atomic E-state index is 0.343. The van der Waals surface area contributed by atoms with E-state index < -0.39 is 0 Å². The number of rotatable bonds is 5. The van der Waals surface area contributed by atoms with E-state index >= 15 is 0 Å². The average Bonchev–Trinajstić information content (AvgIpc) is 2.26. The van der Waals surface area contributed by atoms with Gasteiger partial charge in [-0.25, -0.2) is 0 Å². The van der Waals surface area contributed by atoms with Crippen molar-refractivity contribution in [1.82, 2.24) is 5.32 Å². The summed E-state index contributed by atoms with van der Waals surface area (Å²) in [5.41, 5.74) is 4.33. The van der Waals surface area contributed by atoms with E-state index in [1.807, 2.05) is 11.8 Å². The summed E-state index contributed by atoms with van der Waals surface area (Å²) < 4.78 is 0.343. The Balaban J connectivity index is 2.68. The van der Waals surface area contributed by atoms with Gasteiger partial charge in [-0.1, -0.05) is 39.0 Å². The third-order valence-electron chi connectivity index (χ3n) is 3.22. The second-order valence-corrected chi connectivity index (χ2v) is 7.83. The molecule has 102 valence electrons. The lowest BCUT2D eigenvalue weighted by molar-refractivity contribution is 0.610. The van der Waals surface area contributed by atoms with Crippen molar-refractivity contribution in [2.75, 3.05) is 12.8 Å². The topological polar surface area (TPSA) is 12.0 Å². The van der Waals surface area contributed by atoms with Crippen LogP contribution < -0.4 is 5.32 Å². The number of likely N-dealkylation sites (N-methyl/N-ethyl adjacent to an activating group) is 1. The van der Waals surface area contributed by atoms with Crippen molar-refractivity contribution in [1.29, 1.82) is 0 Å². The van der Waals surface area contributed by atoms with Crippen molar-refractivity contribution < 1.29 is 0 Å². The van der Waals surface area contributed by atoms with E-state index in [4.69, 9.17) is 0 Å². The first-order valence-electron chi connectivity index (χ1n) is 6.70. The summed E-state index contributed by atoms with van der Waals surface area (Å²) in [5.74, 6) is 1.16. The van der Waals surface area contributed by atoms with Crippen LogP contribution >= 0.6 is 11.8 Å². The van der Waals surface area contributed by atoms with Crippen molar-refractivity contribution in [3.05, 3.63) is 34.9 Å². The molecular formula is C16H27NS. The summed E-state index contributed by atoms with van der Waals surface area (Å²) in [6.45, 7) is 11.3. The fraction of sp³-hybridized carbons (Fsp3) is 0.625. The molecule has 0 aliphatic carbocycles. The monoisotopic (exact) mass is 265 g/mol. The van der Waals surface area contributed by atoms with Gasteiger partial charge in [0.1, 0.15) is 0 Å².